The topological polar surface area (TPSA) is 45.4 Å². The molecule has 1 rings (SSSR count). The zero-order valence-corrected chi connectivity index (χ0v) is 11.6. The minimum Gasteiger partial charge on any atom is -0.463 e. The molecule has 0 aliphatic carbocycles. The number of furan rings is 1. The molecular formula is C14H25NO2. The van der Waals surface area contributed by atoms with Gasteiger partial charge in [-0.1, -0.05) is 20.3 Å². The third-order valence-corrected chi connectivity index (χ3v) is 3.54. The van der Waals surface area contributed by atoms with Crippen molar-refractivity contribution in [3.8, 4) is 0 Å². The fraction of sp³-hybridized carbons (Fsp3) is 0.714. The molecule has 2 N–H and O–H groups in total. The van der Waals surface area contributed by atoms with Crippen LogP contribution in [0.15, 0.2) is 16.5 Å². The summed E-state index contributed by atoms with van der Waals surface area (Å²) in [7, 11) is 0. The highest BCUT2D eigenvalue weighted by molar-refractivity contribution is 5.12. The smallest absolute Gasteiger partial charge is 0.136 e. The summed E-state index contributed by atoms with van der Waals surface area (Å²) < 4.78 is 5.48. The molecule has 3 atom stereocenters. The van der Waals surface area contributed by atoms with Crippen LogP contribution < -0.4 is 5.32 Å². The molecule has 98 valence electrons. The molecule has 0 saturated carbocycles. The minimum atomic E-state index is -0.948. The van der Waals surface area contributed by atoms with Crippen LogP contribution in [0.2, 0.25) is 0 Å². The van der Waals surface area contributed by atoms with E-state index < -0.39 is 5.60 Å². The van der Waals surface area contributed by atoms with Crippen molar-refractivity contribution in [2.45, 2.75) is 52.7 Å². The summed E-state index contributed by atoms with van der Waals surface area (Å²) in [5.41, 5.74) is -0.948. The van der Waals surface area contributed by atoms with Crippen LogP contribution in [-0.2, 0) is 5.60 Å². The van der Waals surface area contributed by atoms with Gasteiger partial charge in [0, 0.05) is 12.6 Å². The summed E-state index contributed by atoms with van der Waals surface area (Å²) in [5.74, 6) is 2.05. The van der Waals surface area contributed by atoms with Gasteiger partial charge in [-0.25, -0.2) is 0 Å². The molecule has 0 spiro atoms. The molecule has 0 fully saturated rings. The first-order valence-corrected chi connectivity index (χ1v) is 6.39. The minimum absolute atomic E-state index is 0.391. The Bertz CT molecular complexity index is 344. The highest BCUT2D eigenvalue weighted by Gasteiger charge is 2.27. The Morgan fingerprint density at radius 2 is 2.06 bits per heavy atom. The van der Waals surface area contributed by atoms with E-state index in [4.69, 9.17) is 4.42 Å². The van der Waals surface area contributed by atoms with E-state index in [0.717, 1.165) is 12.2 Å². The highest BCUT2D eigenvalue weighted by atomic mass is 16.4. The summed E-state index contributed by atoms with van der Waals surface area (Å²) in [5, 5.41) is 13.7. The third kappa shape index (κ3) is 3.86. The maximum atomic E-state index is 10.3. The van der Waals surface area contributed by atoms with Crippen LogP contribution in [0.1, 0.15) is 45.6 Å². The fourth-order valence-electron chi connectivity index (χ4n) is 1.73. The zero-order chi connectivity index (χ0) is 13.1. The van der Waals surface area contributed by atoms with E-state index in [2.05, 4.69) is 26.1 Å². The molecule has 17 heavy (non-hydrogen) atoms. The second kappa shape index (κ2) is 5.69. The molecule has 0 amide bonds. The van der Waals surface area contributed by atoms with Crippen LogP contribution in [0, 0.1) is 12.8 Å². The standard InChI is InChI=1S/C14H25NO2/c1-6-10(2)12(4)15-9-14(5,16)13-8-7-11(3)17-13/h7-8,10,12,15-16H,6,9H2,1-5H3. The lowest BCUT2D eigenvalue weighted by atomic mass is 9.98. The Labute approximate surface area is 104 Å². The molecule has 1 aromatic heterocycles. The molecule has 3 heteroatoms. The van der Waals surface area contributed by atoms with E-state index in [1.165, 1.54) is 0 Å². The van der Waals surface area contributed by atoms with Gasteiger partial charge in [0.15, 0.2) is 0 Å². The molecule has 3 nitrogen and oxygen atoms in total. The molecule has 0 aliphatic rings. The van der Waals surface area contributed by atoms with Gasteiger partial charge < -0.3 is 14.8 Å². The van der Waals surface area contributed by atoms with Gasteiger partial charge in [-0.05, 0) is 38.8 Å². The Hall–Kier alpha value is -0.800. The largest absolute Gasteiger partial charge is 0.463 e. The Balaban J connectivity index is 2.55. The second-order valence-electron chi connectivity index (χ2n) is 5.24. The second-order valence-corrected chi connectivity index (χ2v) is 5.24. The molecule has 3 unspecified atom stereocenters. The third-order valence-electron chi connectivity index (χ3n) is 3.54. The van der Waals surface area contributed by atoms with Crippen molar-refractivity contribution in [2.75, 3.05) is 6.54 Å². The quantitative estimate of drug-likeness (QED) is 0.802. The first-order chi connectivity index (χ1) is 7.86. The Morgan fingerprint density at radius 1 is 1.41 bits per heavy atom. The van der Waals surface area contributed by atoms with Crippen LogP contribution in [-0.4, -0.2) is 17.7 Å². The summed E-state index contributed by atoms with van der Waals surface area (Å²) in [6.45, 7) is 10.7. The Morgan fingerprint density at radius 3 is 2.53 bits per heavy atom. The zero-order valence-electron chi connectivity index (χ0n) is 11.6. The van der Waals surface area contributed by atoms with Crippen molar-refractivity contribution in [1.82, 2.24) is 5.32 Å². The molecule has 0 saturated heterocycles. The molecule has 1 heterocycles. The van der Waals surface area contributed by atoms with Gasteiger partial charge in [0.1, 0.15) is 17.1 Å². The Kier molecular flexibility index (Phi) is 4.78. The van der Waals surface area contributed by atoms with E-state index in [1.807, 2.05) is 19.1 Å². The maximum Gasteiger partial charge on any atom is 0.136 e. The predicted octanol–water partition coefficient (Wildman–Crippen LogP) is 2.82. The van der Waals surface area contributed by atoms with Crippen molar-refractivity contribution in [3.05, 3.63) is 23.7 Å². The van der Waals surface area contributed by atoms with Gasteiger partial charge >= 0.3 is 0 Å². The van der Waals surface area contributed by atoms with Crippen LogP contribution in [0.5, 0.6) is 0 Å². The van der Waals surface area contributed by atoms with Gasteiger partial charge in [0.2, 0.25) is 0 Å². The first-order valence-electron chi connectivity index (χ1n) is 6.39. The normalized spacial score (nSPS) is 18.7. The van der Waals surface area contributed by atoms with Gasteiger partial charge in [-0.3, -0.25) is 0 Å². The molecule has 0 aliphatic heterocycles. The number of hydrogen-bond donors (Lipinski definition) is 2. The molecule has 0 bridgehead atoms. The lowest BCUT2D eigenvalue weighted by Gasteiger charge is -2.26. The monoisotopic (exact) mass is 239 g/mol. The SMILES string of the molecule is CCC(C)C(C)NCC(C)(O)c1ccc(C)o1. The molecular weight excluding hydrogens is 214 g/mol. The van der Waals surface area contributed by atoms with Crippen LogP contribution >= 0.6 is 0 Å². The van der Waals surface area contributed by atoms with Crippen molar-refractivity contribution in [1.29, 1.82) is 0 Å². The lowest BCUT2D eigenvalue weighted by Crippen LogP contribution is -2.41. The maximum absolute atomic E-state index is 10.3. The lowest BCUT2D eigenvalue weighted by molar-refractivity contribution is 0.0296. The van der Waals surface area contributed by atoms with Crippen molar-refractivity contribution >= 4 is 0 Å². The number of aliphatic hydroxyl groups is 1. The van der Waals surface area contributed by atoms with E-state index in [0.29, 0.717) is 24.3 Å². The van der Waals surface area contributed by atoms with Crippen molar-refractivity contribution in [2.24, 2.45) is 5.92 Å². The van der Waals surface area contributed by atoms with Gasteiger partial charge in [-0.2, -0.15) is 0 Å². The summed E-state index contributed by atoms with van der Waals surface area (Å²) in [6, 6.07) is 4.11. The average Bonchev–Trinajstić information content (AvgIpc) is 2.72. The molecule has 0 radical (unpaired) electrons. The van der Waals surface area contributed by atoms with Gasteiger partial charge in [-0.15, -0.1) is 0 Å². The van der Waals surface area contributed by atoms with E-state index in [1.54, 1.807) is 6.92 Å². The molecule has 1 aromatic rings. The van der Waals surface area contributed by atoms with E-state index in [-0.39, 0.29) is 0 Å². The molecule has 0 aromatic carbocycles. The van der Waals surface area contributed by atoms with E-state index in [9.17, 15) is 5.11 Å². The van der Waals surface area contributed by atoms with E-state index >= 15 is 0 Å². The number of aryl methyl sites for hydroxylation is 1. The summed E-state index contributed by atoms with van der Waals surface area (Å²) >= 11 is 0. The summed E-state index contributed by atoms with van der Waals surface area (Å²) in [4.78, 5) is 0. The summed E-state index contributed by atoms with van der Waals surface area (Å²) in [6.07, 6.45) is 1.14. The predicted molar refractivity (Wildman–Crippen MR) is 69.9 cm³/mol. The number of hydrogen-bond acceptors (Lipinski definition) is 3. The first kappa shape index (κ1) is 14.3. The number of nitrogens with one attached hydrogen (secondary N) is 1. The highest BCUT2D eigenvalue weighted by Crippen LogP contribution is 2.22. The van der Waals surface area contributed by atoms with Crippen LogP contribution in [0.3, 0.4) is 0 Å². The number of rotatable bonds is 6. The van der Waals surface area contributed by atoms with Crippen LogP contribution in [0.4, 0.5) is 0 Å². The van der Waals surface area contributed by atoms with Crippen molar-refractivity contribution < 1.29 is 9.52 Å². The van der Waals surface area contributed by atoms with Crippen molar-refractivity contribution in [3.63, 3.8) is 0 Å². The fourth-order valence-corrected chi connectivity index (χ4v) is 1.73. The average molecular weight is 239 g/mol. The van der Waals surface area contributed by atoms with Crippen LogP contribution in [0.25, 0.3) is 0 Å². The van der Waals surface area contributed by atoms with Gasteiger partial charge in [0.05, 0.1) is 0 Å². The van der Waals surface area contributed by atoms with Gasteiger partial charge in [0.25, 0.3) is 0 Å².